The van der Waals surface area contributed by atoms with Crippen LogP contribution >= 0.6 is 0 Å². The molecule has 0 aliphatic carbocycles. The van der Waals surface area contributed by atoms with E-state index in [0.29, 0.717) is 23.9 Å². The maximum Gasteiger partial charge on any atom is 0.313 e. The highest BCUT2D eigenvalue weighted by molar-refractivity contribution is 6.39. The molecule has 0 spiro atoms. The van der Waals surface area contributed by atoms with E-state index in [1.165, 1.54) is 0 Å². The van der Waals surface area contributed by atoms with Gasteiger partial charge in [0, 0.05) is 18.3 Å². The molecule has 0 bridgehead atoms. The number of hydrogen-bond donors (Lipinski definition) is 2. The van der Waals surface area contributed by atoms with Crippen LogP contribution in [0, 0.1) is 5.92 Å². The van der Waals surface area contributed by atoms with Gasteiger partial charge in [-0.3, -0.25) is 9.59 Å². The Morgan fingerprint density at radius 3 is 2.64 bits per heavy atom. The van der Waals surface area contributed by atoms with Gasteiger partial charge < -0.3 is 15.4 Å². The summed E-state index contributed by atoms with van der Waals surface area (Å²) < 4.78 is 5.08. The second-order valence-electron chi connectivity index (χ2n) is 5.31. The van der Waals surface area contributed by atoms with Gasteiger partial charge in [-0.15, -0.1) is 0 Å². The maximum absolute atomic E-state index is 11.9. The molecule has 0 fully saturated rings. The molecule has 2 N–H and O–H groups in total. The second kappa shape index (κ2) is 9.82. The van der Waals surface area contributed by atoms with E-state index in [2.05, 4.69) is 24.5 Å². The van der Waals surface area contributed by atoms with Crippen LogP contribution in [0.3, 0.4) is 0 Å². The number of ether oxygens (including phenoxy) is 1. The SMILES string of the molecule is CCCC[C@H](CC)CNC(=O)C(=O)Nc1cccc(OC)c1. The first kappa shape index (κ1) is 18.0. The molecule has 5 nitrogen and oxygen atoms in total. The van der Waals surface area contributed by atoms with Gasteiger partial charge in [0.2, 0.25) is 0 Å². The normalized spacial score (nSPS) is 11.6. The lowest BCUT2D eigenvalue weighted by Gasteiger charge is -2.15. The third kappa shape index (κ3) is 6.16. The Hall–Kier alpha value is -2.04. The average Bonchev–Trinajstić information content (AvgIpc) is 2.54. The summed E-state index contributed by atoms with van der Waals surface area (Å²) in [6.07, 6.45) is 4.35. The first-order valence-electron chi connectivity index (χ1n) is 7.83. The summed E-state index contributed by atoms with van der Waals surface area (Å²) in [6, 6.07) is 6.91. The fourth-order valence-corrected chi connectivity index (χ4v) is 2.15. The van der Waals surface area contributed by atoms with Gasteiger partial charge in [0.05, 0.1) is 7.11 Å². The third-order valence-corrected chi connectivity index (χ3v) is 3.63. The maximum atomic E-state index is 11.9. The number of benzene rings is 1. The zero-order valence-electron chi connectivity index (χ0n) is 13.6. The van der Waals surface area contributed by atoms with Crippen LogP contribution in [-0.2, 0) is 9.59 Å². The van der Waals surface area contributed by atoms with Crippen molar-refractivity contribution in [2.45, 2.75) is 39.5 Å². The van der Waals surface area contributed by atoms with Crippen molar-refractivity contribution in [2.75, 3.05) is 19.0 Å². The summed E-state index contributed by atoms with van der Waals surface area (Å²) in [6.45, 7) is 4.79. The summed E-state index contributed by atoms with van der Waals surface area (Å²) in [7, 11) is 1.55. The molecule has 0 aromatic heterocycles. The number of carbonyl (C=O) groups excluding carboxylic acids is 2. The van der Waals surface area contributed by atoms with E-state index in [9.17, 15) is 9.59 Å². The van der Waals surface area contributed by atoms with Crippen LogP contribution in [0.2, 0.25) is 0 Å². The Morgan fingerprint density at radius 2 is 2.00 bits per heavy atom. The first-order valence-corrected chi connectivity index (χ1v) is 7.83. The van der Waals surface area contributed by atoms with Crippen LogP contribution in [-0.4, -0.2) is 25.5 Å². The van der Waals surface area contributed by atoms with E-state index in [1.54, 1.807) is 31.4 Å². The Bertz CT molecular complexity index is 489. The van der Waals surface area contributed by atoms with Crippen molar-refractivity contribution in [3.8, 4) is 5.75 Å². The third-order valence-electron chi connectivity index (χ3n) is 3.63. The van der Waals surface area contributed by atoms with Crippen molar-refractivity contribution in [1.82, 2.24) is 5.32 Å². The van der Waals surface area contributed by atoms with Gasteiger partial charge in [-0.25, -0.2) is 0 Å². The molecule has 122 valence electrons. The van der Waals surface area contributed by atoms with Crippen LogP contribution in [0.25, 0.3) is 0 Å². The van der Waals surface area contributed by atoms with Crippen molar-refractivity contribution in [3.63, 3.8) is 0 Å². The Balaban J connectivity index is 2.45. The molecule has 1 aromatic carbocycles. The van der Waals surface area contributed by atoms with Crippen LogP contribution < -0.4 is 15.4 Å². The molecule has 0 saturated carbocycles. The summed E-state index contributed by atoms with van der Waals surface area (Å²) in [5, 5.41) is 5.28. The molecule has 0 aliphatic heterocycles. The Labute approximate surface area is 132 Å². The molecule has 22 heavy (non-hydrogen) atoms. The van der Waals surface area contributed by atoms with E-state index in [0.717, 1.165) is 25.7 Å². The van der Waals surface area contributed by atoms with Crippen LogP contribution in [0.5, 0.6) is 5.75 Å². The van der Waals surface area contributed by atoms with E-state index in [1.807, 2.05) is 0 Å². The quantitative estimate of drug-likeness (QED) is 0.726. The first-order chi connectivity index (χ1) is 10.6. The van der Waals surface area contributed by atoms with Gasteiger partial charge in [-0.2, -0.15) is 0 Å². The molecule has 0 unspecified atom stereocenters. The van der Waals surface area contributed by atoms with E-state index < -0.39 is 11.8 Å². The lowest BCUT2D eigenvalue weighted by atomic mass is 9.99. The van der Waals surface area contributed by atoms with Gasteiger partial charge in [0.25, 0.3) is 0 Å². The van der Waals surface area contributed by atoms with Crippen LogP contribution in [0.15, 0.2) is 24.3 Å². The van der Waals surface area contributed by atoms with Crippen molar-refractivity contribution >= 4 is 17.5 Å². The largest absolute Gasteiger partial charge is 0.497 e. The molecule has 0 heterocycles. The number of nitrogens with one attached hydrogen (secondary N) is 2. The molecule has 2 amide bonds. The predicted octanol–water partition coefficient (Wildman–Crippen LogP) is 2.97. The smallest absolute Gasteiger partial charge is 0.313 e. The van der Waals surface area contributed by atoms with E-state index in [-0.39, 0.29) is 0 Å². The number of methoxy groups -OCH3 is 1. The number of hydrogen-bond acceptors (Lipinski definition) is 3. The number of amides is 2. The fourth-order valence-electron chi connectivity index (χ4n) is 2.15. The van der Waals surface area contributed by atoms with Crippen molar-refractivity contribution in [3.05, 3.63) is 24.3 Å². The van der Waals surface area contributed by atoms with Gasteiger partial charge in [-0.1, -0.05) is 39.2 Å². The highest BCUT2D eigenvalue weighted by Gasteiger charge is 2.15. The van der Waals surface area contributed by atoms with Gasteiger partial charge >= 0.3 is 11.8 Å². The van der Waals surface area contributed by atoms with Gasteiger partial charge in [-0.05, 0) is 24.5 Å². The molecule has 1 aromatic rings. The summed E-state index contributed by atoms with van der Waals surface area (Å²) in [5.74, 6) is -0.200. The number of carbonyl (C=O) groups is 2. The molecule has 1 rings (SSSR count). The molecular formula is C17H26N2O3. The molecule has 0 saturated heterocycles. The molecule has 0 aliphatic rings. The number of unbranched alkanes of at least 4 members (excludes halogenated alkanes) is 1. The zero-order valence-corrected chi connectivity index (χ0v) is 13.6. The van der Waals surface area contributed by atoms with Gasteiger partial charge in [0.1, 0.15) is 5.75 Å². The fraction of sp³-hybridized carbons (Fsp3) is 0.529. The Kier molecular flexibility index (Phi) is 8.04. The van der Waals surface area contributed by atoms with E-state index >= 15 is 0 Å². The molecule has 5 heteroatoms. The average molecular weight is 306 g/mol. The molecule has 0 radical (unpaired) electrons. The standard InChI is InChI=1S/C17H26N2O3/c1-4-6-8-13(5-2)12-18-16(20)17(21)19-14-9-7-10-15(11-14)22-3/h7,9-11,13H,4-6,8,12H2,1-3H3,(H,18,20)(H,19,21)/t13-/m0/s1. The Morgan fingerprint density at radius 1 is 1.23 bits per heavy atom. The summed E-state index contributed by atoms with van der Waals surface area (Å²) in [4.78, 5) is 23.7. The highest BCUT2D eigenvalue weighted by Crippen LogP contribution is 2.16. The minimum atomic E-state index is -0.654. The van der Waals surface area contributed by atoms with Gasteiger partial charge in [0.15, 0.2) is 0 Å². The topological polar surface area (TPSA) is 67.4 Å². The minimum absolute atomic E-state index is 0.425. The molecular weight excluding hydrogens is 280 g/mol. The number of rotatable bonds is 8. The summed E-state index contributed by atoms with van der Waals surface area (Å²) >= 11 is 0. The zero-order chi connectivity index (χ0) is 16.4. The molecule has 1 atom stereocenters. The van der Waals surface area contributed by atoms with Crippen molar-refractivity contribution in [1.29, 1.82) is 0 Å². The predicted molar refractivity (Wildman–Crippen MR) is 87.9 cm³/mol. The van der Waals surface area contributed by atoms with E-state index in [4.69, 9.17) is 4.74 Å². The second-order valence-corrected chi connectivity index (χ2v) is 5.31. The minimum Gasteiger partial charge on any atom is -0.497 e. The highest BCUT2D eigenvalue weighted by atomic mass is 16.5. The van der Waals surface area contributed by atoms with Crippen molar-refractivity contribution in [2.24, 2.45) is 5.92 Å². The van der Waals surface area contributed by atoms with Crippen molar-refractivity contribution < 1.29 is 14.3 Å². The lowest BCUT2D eigenvalue weighted by Crippen LogP contribution is -2.38. The summed E-state index contributed by atoms with van der Waals surface area (Å²) in [5.41, 5.74) is 0.539. The van der Waals surface area contributed by atoms with Crippen LogP contribution in [0.1, 0.15) is 39.5 Å². The monoisotopic (exact) mass is 306 g/mol. The van der Waals surface area contributed by atoms with Crippen LogP contribution in [0.4, 0.5) is 5.69 Å². The lowest BCUT2D eigenvalue weighted by molar-refractivity contribution is -0.136. The number of anilines is 1.